The Labute approximate surface area is 152 Å². The van der Waals surface area contributed by atoms with Crippen molar-refractivity contribution in [3.63, 3.8) is 0 Å². The third-order valence-corrected chi connectivity index (χ3v) is 5.03. The first-order valence-corrected chi connectivity index (χ1v) is 9.42. The van der Waals surface area contributed by atoms with E-state index in [0.717, 1.165) is 11.3 Å². The van der Waals surface area contributed by atoms with Crippen LogP contribution < -0.4 is 14.8 Å². The number of rotatable bonds is 8. The SMILES string of the molecule is COc1cccc(CCNC(=O)CNS(=O)(=O)c2cccc(Cl)c2)c1. The molecular weight excluding hydrogens is 364 g/mol. The van der Waals surface area contributed by atoms with Gasteiger partial charge in [0.1, 0.15) is 5.75 Å². The second-order valence-electron chi connectivity index (χ2n) is 5.23. The Morgan fingerprint density at radius 3 is 2.64 bits per heavy atom. The van der Waals surface area contributed by atoms with Gasteiger partial charge in [-0.3, -0.25) is 4.79 Å². The number of amides is 1. The van der Waals surface area contributed by atoms with Crippen LogP contribution in [0.4, 0.5) is 0 Å². The summed E-state index contributed by atoms with van der Waals surface area (Å²) in [6.07, 6.45) is 0.615. The largest absolute Gasteiger partial charge is 0.497 e. The Balaban J connectivity index is 1.80. The minimum Gasteiger partial charge on any atom is -0.497 e. The smallest absolute Gasteiger partial charge is 0.241 e. The summed E-state index contributed by atoms with van der Waals surface area (Å²) in [4.78, 5) is 11.8. The highest BCUT2D eigenvalue weighted by Crippen LogP contribution is 2.15. The quantitative estimate of drug-likeness (QED) is 0.731. The van der Waals surface area contributed by atoms with E-state index in [9.17, 15) is 13.2 Å². The predicted octanol–water partition coefficient (Wildman–Crippen LogP) is 1.99. The van der Waals surface area contributed by atoms with Crippen LogP contribution >= 0.6 is 11.6 Å². The maximum atomic E-state index is 12.1. The number of benzene rings is 2. The molecule has 0 saturated heterocycles. The summed E-state index contributed by atoms with van der Waals surface area (Å²) in [7, 11) is -2.19. The van der Waals surface area contributed by atoms with Crippen molar-refractivity contribution in [2.75, 3.05) is 20.2 Å². The van der Waals surface area contributed by atoms with E-state index in [2.05, 4.69) is 10.0 Å². The zero-order chi connectivity index (χ0) is 18.3. The lowest BCUT2D eigenvalue weighted by Crippen LogP contribution is -2.37. The van der Waals surface area contributed by atoms with E-state index in [1.54, 1.807) is 13.2 Å². The van der Waals surface area contributed by atoms with E-state index in [1.807, 2.05) is 24.3 Å². The molecule has 25 heavy (non-hydrogen) atoms. The molecule has 0 spiro atoms. The Morgan fingerprint density at radius 2 is 1.92 bits per heavy atom. The van der Waals surface area contributed by atoms with Gasteiger partial charge in [0, 0.05) is 11.6 Å². The monoisotopic (exact) mass is 382 g/mol. The van der Waals surface area contributed by atoms with Crippen LogP contribution in [-0.2, 0) is 21.2 Å². The molecule has 0 fully saturated rings. The van der Waals surface area contributed by atoms with Crippen molar-refractivity contribution < 1.29 is 17.9 Å². The van der Waals surface area contributed by atoms with Crippen molar-refractivity contribution in [3.05, 3.63) is 59.1 Å². The summed E-state index contributed by atoms with van der Waals surface area (Å²) < 4.78 is 31.6. The van der Waals surface area contributed by atoms with Gasteiger partial charge in [0.25, 0.3) is 0 Å². The van der Waals surface area contributed by atoms with Gasteiger partial charge in [0.05, 0.1) is 18.6 Å². The summed E-state index contributed by atoms with van der Waals surface area (Å²) in [5, 5.41) is 2.98. The molecule has 134 valence electrons. The van der Waals surface area contributed by atoms with E-state index < -0.39 is 15.9 Å². The summed E-state index contributed by atoms with van der Waals surface area (Å²) in [5.74, 6) is 0.339. The van der Waals surface area contributed by atoms with Crippen LogP contribution in [0, 0.1) is 0 Å². The molecule has 0 bridgehead atoms. The van der Waals surface area contributed by atoms with Gasteiger partial charge in [-0.2, -0.15) is 0 Å². The van der Waals surface area contributed by atoms with Crippen molar-refractivity contribution in [2.45, 2.75) is 11.3 Å². The first kappa shape index (κ1) is 19.2. The Morgan fingerprint density at radius 1 is 1.16 bits per heavy atom. The molecule has 2 aromatic carbocycles. The third-order valence-electron chi connectivity index (χ3n) is 3.40. The molecule has 2 N–H and O–H groups in total. The molecule has 0 aliphatic rings. The van der Waals surface area contributed by atoms with E-state index >= 15 is 0 Å². The van der Waals surface area contributed by atoms with Crippen LogP contribution in [0.3, 0.4) is 0 Å². The summed E-state index contributed by atoms with van der Waals surface area (Å²) in [6, 6.07) is 13.4. The van der Waals surface area contributed by atoms with Crippen molar-refractivity contribution in [3.8, 4) is 5.75 Å². The lowest BCUT2D eigenvalue weighted by atomic mass is 10.1. The number of halogens is 1. The van der Waals surface area contributed by atoms with E-state index in [4.69, 9.17) is 16.3 Å². The number of sulfonamides is 1. The summed E-state index contributed by atoms with van der Waals surface area (Å²) >= 11 is 5.78. The van der Waals surface area contributed by atoms with Crippen molar-refractivity contribution >= 4 is 27.5 Å². The Kier molecular flexibility index (Phi) is 6.81. The molecule has 0 unspecified atom stereocenters. The molecule has 0 aliphatic carbocycles. The van der Waals surface area contributed by atoms with Gasteiger partial charge in [0.2, 0.25) is 15.9 Å². The van der Waals surface area contributed by atoms with E-state index in [-0.39, 0.29) is 11.4 Å². The normalized spacial score (nSPS) is 11.1. The van der Waals surface area contributed by atoms with E-state index in [0.29, 0.717) is 18.0 Å². The van der Waals surface area contributed by atoms with Gasteiger partial charge in [-0.15, -0.1) is 0 Å². The average molecular weight is 383 g/mol. The van der Waals surface area contributed by atoms with Gasteiger partial charge >= 0.3 is 0 Å². The maximum Gasteiger partial charge on any atom is 0.241 e. The molecule has 2 rings (SSSR count). The summed E-state index contributed by atoms with van der Waals surface area (Å²) in [6.45, 7) is 0.0534. The van der Waals surface area contributed by atoms with Crippen LogP contribution in [0.25, 0.3) is 0 Å². The van der Waals surface area contributed by atoms with Crippen LogP contribution in [0.1, 0.15) is 5.56 Å². The molecule has 0 aromatic heterocycles. The number of ether oxygens (including phenoxy) is 1. The fourth-order valence-electron chi connectivity index (χ4n) is 2.11. The van der Waals surface area contributed by atoms with Crippen molar-refractivity contribution in [2.24, 2.45) is 0 Å². The molecule has 0 heterocycles. The first-order valence-electron chi connectivity index (χ1n) is 7.55. The molecule has 8 heteroatoms. The molecule has 0 saturated carbocycles. The average Bonchev–Trinajstić information content (AvgIpc) is 2.60. The van der Waals surface area contributed by atoms with Crippen LogP contribution in [-0.4, -0.2) is 34.5 Å². The minimum atomic E-state index is -3.78. The molecular formula is C17H19ClN2O4S. The summed E-state index contributed by atoms with van der Waals surface area (Å²) in [5.41, 5.74) is 1.01. The molecule has 0 radical (unpaired) electrons. The van der Waals surface area contributed by atoms with Crippen LogP contribution in [0.5, 0.6) is 5.75 Å². The fraction of sp³-hybridized carbons (Fsp3) is 0.235. The molecule has 0 atom stereocenters. The lowest BCUT2D eigenvalue weighted by molar-refractivity contribution is -0.119. The number of carbonyl (C=O) groups excluding carboxylic acids is 1. The fourth-order valence-corrected chi connectivity index (χ4v) is 3.40. The van der Waals surface area contributed by atoms with Crippen LogP contribution in [0.2, 0.25) is 5.02 Å². The number of carbonyl (C=O) groups is 1. The number of nitrogens with one attached hydrogen (secondary N) is 2. The predicted molar refractivity (Wildman–Crippen MR) is 96.3 cm³/mol. The van der Waals surface area contributed by atoms with Crippen LogP contribution in [0.15, 0.2) is 53.4 Å². The number of methoxy groups -OCH3 is 1. The highest BCUT2D eigenvalue weighted by molar-refractivity contribution is 7.89. The van der Waals surface area contributed by atoms with Gasteiger partial charge in [-0.25, -0.2) is 13.1 Å². The third kappa shape index (κ3) is 6.04. The molecule has 2 aromatic rings. The Hall–Kier alpha value is -2.09. The van der Waals surface area contributed by atoms with Gasteiger partial charge in [0.15, 0.2) is 0 Å². The van der Waals surface area contributed by atoms with Crippen molar-refractivity contribution in [1.82, 2.24) is 10.0 Å². The zero-order valence-corrected chi connectivity index (χ0v) is 15.2. The maximum absolute atomic E-state index is 12.1. The molecule has 0 aliphatic heterocycles. The van der Waals surface area contributed by atoms with Crippen molar-refractivity contribution in [1.29, 1.82) is 0 Å². The second kappa shape index (κ2) is 8.84. The van der Waals surface area contributed by atoms with Gasteiger partial charge in [-0.05, 0) is 42.3 Å². The van der Waals surface area contributed by atoms with E-state index in [1.165, 1.54) is 18.2 Å². The Bertz CT molecular complexity index is 840. The first-order chi connectivity index (χ1) is 11.9. The molecule has 6 nitrogen and oxygen atoms in total. The lowest BCUT2D eigenvalue weighted by Gasteiger charge is -2.09. The second-order valence-corrected chi connectivity index (χ2v) is 7.44. The molecule has 1 amide bonds. The number of hydrogen-bond donors (Lipinski definition) is 2. The van der Waals surface area contributed by atoms with Gasteiger partial charge in [-0.1, -0.05) is 29.8 Å². The topological polar surface area (TPSA) is 84.5 Å². The highest BCUT2D eigenvalue weighted by Gasteiger charge is 2.15. The minimum absolute atomic E-state index is 0.0178. The highest BCUT2D eigenvalue weighted by atomic mass is 35.5. The number of hydrogen-bond acceptors (Lipinski definition) is 4. The van der Waals surface area contributed by atoms with Gasteiger partial charge < -0.3 is 10.1 Å². The standard InChI is InChI=1S/C17H19ClN2O4S/c1-24-15-6-2-4-13(10-15)8-9-19-17(21)12-20-25(22,23)16-7-3-5-14(18)11-16/h2-7,10-11,20H,8-9,12H2,1H3,(H,19,21). The zero-order valence-electron chi connectivity index (χ0n) is 13.7.